The van der Waals surface area contributed by atoms with Crippen LogP contribution in [0.25, 0.3) is 38.8 Å². The number of hydrogen-bond acceptors (Lipinski definition) is 3. The summed E-state index contributed by atoms with van der Waals surface area (Å²) in [4.78, 5) is 6.01. The molecule has 1 aliphatic heterocycles. The summed E-state index contributed by atoms with van der Waals surface area (Å²) in [5, 5.41) is 10.8. The van der Waals surface area contributed by atoms with E-state index in [9.17, 15) is 4.39 Å². The van der Waals surface area contributed by atoms with Gasteiger partial charge in [0, 0.05) is 53.5 Å². The van der Waals surface area contributed by atoms with Crippen LogP contribution in [0.3, 0.4) is 0 Å². The van der Waals surface area contributed by atoms with E-state index in [0.717, 1.165) is 61.4 Å². The Labute approximate surface area is 226 Å². The van der Waals surface area contributed by atoms with Crippen LogP contribution in [0.4, 0.5) is 4.39 Å². The van der Waals surface area contributed by atoms with Crippen LogP contribution in [0.2, 0.25) is 0 Å². The third-order valence-electron chi connectivity index (χ3n) is 8.35. The van der Waals surface area contributed by atoms with Gasteiger partial charge in [-0.25, -0.2) is 9.07 Å². The van der Waals surface area contributed by atoms with Crippen LogP contribution in [0, 0.1) is 5.82 Å². The minimum absolute atomic E-state index is 0.221. The summed E-state index contributed by atoms with van der Waals surface area (Å²) in [7, 11) is 1.92. The number of aryl methyl sites for hydroxylation is 1. The summed E-state index contributed by atoms with van der Waals surface area (Å²) >= 11 is 0. The first kappa shape index (κ1) is 23.9. The van der Waals surface area contributed by atoms with Gasteiger partial charge in [0.25, 0.3) is 0 Å². The maximum atomic E-state index is 13.7. The first-order valence-corrected chi connectivity index (χ1v) is 13.7. The van der Waals surface area contributed by atoms with Gasteiger partial charge in [0.2, 0.25) is 0 Å². The van der Waals surface area contributed by atoms with Gasteiger partial charge in [-0.1, -0.05) is 29.5 Å². The zero-order valence-corrected chi connectivity index (χ0v) is 22.0. The molecule has 0 unspecified atom stereocenters. The number of aromatic nitrogens is 5. The van der Waals surface area contributed by atoms with Crippen LogP contribution < -0.4 is 0 Å². The zero-order valence-electron chi connectivity index (χ0n) is 22.0. The van der Waals surface area contributed by atoms with Crippen molar-refractivity contribution in [2.75, 3.05) is 19.6 Å². The third kappa shape index (κ3) is 4.42. The van der Waals surface area contributed by atoms with E-state index in [-0.39, 0.29) is 5.82 Å². The first-order chi connectivity index (χ1) is 19.1. The lowest BCUT2D eigenvalue weighted by molar-refractivity contribution is 0.215. The van der Waals surface area contributed by atoms with Crippen LogP contribution in [0.1, 0.15) is 29.9 Å². The highest BCUT2D eigenvalue weighted by atomic mass is 19.1. The van der Waals surface area contributed by atoms with Gasteiger partial charge in [0.1, 0.15) is 5.82 Å². The second kappa shape index (κ2) is 9.82. The van der Waals surface area contributed by atoms with E-state index in [2.05, 4.69) is 79.6 Å². The van der Waals surface area contributed by atoms with E-state index in [1.165, 1.54) is 39.5 Å². The van der Waals surface area contributed by atoms with Gasteiger partial charge in [-0.3, -0.25) is 0 Å². The maximum absolute atomic E-state index is 13.7. The fourth-order valence-corrected chi connectivity index (χ4v) is 6.19. The molecule has 6 nitrogen and oxygen atoms in total. The number of likely N-dealkylation sites (tertiary alicyclic amines) is 1. The molecule has 0 saturated carbocycles. The summed E-state index contributed by atoms with van der Waals surface area (Å²) in [5.74, 6) is 0.250. The van der Waals surface area contributed by atoms with E-state index in [4.69, 9.17) is 0 Å². The second-order valence-corrected chi connectivity index (χ2v) is 10.6. The van der Waals surface area contributed by atoms with Gasteiger partial charge >= 0.3 is 0 Å². The quantitative estimate of drug-likeness (QED) is 0.275. The molecule has 0 atom stereocenters. The smallest absolute Gasteiger partial charge is 0.123 e. The number of para-hydroxylation sites is 1. The monoisotopic (exact) mass is 518 g/mol. The normalized spacial score (nSPS) is 15.0. The minimum Gasteiger partial charge on any atom is -0.361 e. The van der Waals surface area contributed by atoms with E-state index in [1.807, 2.05) is 30.1 Å². The Morgan fingerprint density at radius 1 is 0.974 bits per heavy atom. The summed E-state index contributed by atoms with van der Waals surface area (Å²) in [6, 6.07) is 21.9. The van der Waals surface area contributed by atoms with Crippen LogP contribution in [-0.4, -0.2) is 49.1 Å². The molecule has 39 heavy (non-hydrogen) atoms. The largest absolute Gasteiger partial charge is 0.361 e. The average molecular weight is 519 g/mol. The van der Waals surface area contributed by atoms with Crippen LogP contribution in [0.5, 0.6) is 0 Å². The molecule has 0 radical (unpaired) electrons. The van der Waals surface area contributed by atoms with E-state index >= 15 is 0 Å². The van der Waals surface area contributed by atoms with Gasteiger partial charge in [0.15, 0.2) is 0 Å². The Kier molecular flexibility index (Phi) is 6.01. The van der Waals surface area contributed by atoms with Gasteiger partial charge in [-0.15, -0.1) is 5.10 Å². The number of piperidine rings is 1. The van der Waals surface area contributed by atoms with E-state index in [1.54, 1.807) is 0 Å². The molecule has 3 aromatic heterocycles. The second-order valence-electron chi connectivity index (χ2n) is 10.6. The molecule has 1 N–H and O–H groups in total. The first-order valence-electron chi connectivity index (χ1n) is 13.7. The SMILES string of the molecule is Cn1nncc1-c1ccc2c(c1)c(C1CCN(CCc3c[nH]c4ccccc34)CC1)cn2-c1ccc(F)cc1. The molecule has 196 valence electrons. The Hall–Kier alpha value is -4.23. The van der Waals surface area contributed by atoms with Crippen LogP contribution in [0.15, 0.2) is 85.3 Å². The van der Waals surface area contributed by atoms with E-state index in [0.29, 0.717) is 5.92 Å². The topological polar surface area (TPSA) is 54.7 Å². The van der Waals surface area contributed by atoms with Crippen molar-refractivity contribution in [3.05, 3.63) is 102 Å². The number of nitrogens with one attached hydrogen (secondary N) is 1. The number of aromatic amines is 1. The number of nitrogens with zero attached hydrogens (tertiary/aromatic N) is 5. The molecule has 6 aromatic rings. The number of rotatable bonds is 6. The standard InChI is InChI=1S/C32H31FN6/c1-37-32(20-35-36-37)23-6-11-31-28(18-23)29(21-39(31)26-9-7-25(33)8-10-26)22-12-15-38(16-13-22)17-14-24-19-34-30-5-3-2-4-27(24)30/h2-11,18-22,34H,12-17H2,1H3. The van der Waals surface area contributed by atoms with Gasteiger partial charge in [-0.2, -0.15) is 0 Å². The highest BCUT2D eigenvalue weighted by Gasteiger charge is 2.25. The zero-order chi connectivity index (χ0) is 26.3. The fraction of sp³-hybridized carbons (Fsp3) is 0.250. The highest BCUT2D eigenvalue weighted by molar-refractivity contribution is 5.90. The van der Waals surface area contributed by atoms with Gasteiger partial charge in [-0.05, 0) is 91.9 Å². The van der Waals surface area contributed by atoms with Crippen molar-refractivity contribution in [1.82, 2.24) is 29.4 Å². The lowest BCUT2D eigenvalue weighted by Gasteiger charge is -2.32. The van der Waals surface area contributed by atoms with Crippen LogP contribution >= 0.6 is 0 Å². The lowest BCUT2D eigenvalue weighted by atomic mass is 9.88. The van der Waals surface area contributed by atoms with Gasteiger partial charge < -0.3 is 14.5 Å². The van der Waals surface area contributed by atoms with Crippen molar-refractivity contribution in [3.8, 4) is 16.9 Å². The Bertz CT molecular complexity index is 1750. The molecule has 0 bridgehead atoms. The molecule has 1 aliphatic rings. The molecule has 4 heterocycles. The molecule has 0 spiro atoms. The van der Waals surface area contributed by atoms with Crippen molar-refractivity contribution in [2.24, 2.45) is 7.05 Å². The van der Waals surface area contributed by atoms with E-state index < -0.39 is 0 Å². The summed E-state index contributed by atoms with van der Waals surface area (Å²) < 4.78 is 17.7. The summed E-state index contributed by atoms with van der Waals surface area (Å²) in [6.45, 7) is 3.24. The fourth-order valence-electron chi connectivity index (χ4n) is 6.19. The average Bonchev–Trinajstić information content (AvgIpc) is 3.69. The molecular formula is C32H31FN6. The van der Waals surface area contributed by atoms with Crippen LogP contribution in [-0.2, 0) is 13.5 Å². The van der Waals surface area contributed by atoms with Crippen molar-refractivity contribution in [1.29, 1.82) is 0 Å². The minimum atomic E-state index is -0.221. The summed E-state index contributed by atoms with van der Waals surface area (Å²) in [6.07, 6.45) is 9.54. The number of hydrogen-bond donors (Lipinski definition) is 1. The molecule has 1 saturated heterocycles. The number of halogens is 1. The number of fused-ring (bicyclic) bond motifs is 2. The predicted octanol–water partition coefficient (Wildman–Crippen LogP) is 6.47. The maximum Gasteiger partial charge on any atom is 0.123 e. The number of H-pyrrole nitrogens is 1. The molecule has 0 amide bonds. The Morgan fingerprint density at radius 3 is 2.59 bits per heavy atom. The molecule has 3 aromatic carbocycles. The Balaban J connectivity index is 1.15. The van der Waals surface area contributed by atoms with Gasteiger partial charge in [0.05, 0.1) is 17.4 Å². The van der Waals surface area contributed by atoms with Crippen molar-refractivity contribution < 1.29 is 4.39 Å². The molecule has 7 heteroatoms. The summed E-state index contributed by atoms with van der Waals surface area (Å²) in [5.41, 5.74) is 8.17. The molecule has 0 aliphatic carbocycles. The molecule has 1 fully saturated rings. The molecule has 7 rings (SSSR count). The Morgan fingerprint density at radius 2 is 1.79 bits per heavy atom. The number of benzene rings is 3. The van der Waals surface area contributed by atoms with Crippen molar-refractivity contribution in [3.63, 3.8) is 0 Å². The third-order valence-corrected chi connectivity index (χ3v) is 8.35. The highest BCUT2D eigenvalue weighted by Crippen LogP contribution is 2.37. The van der Waals surface area contributed by atoms with Crippen molar-refractivity contribution in [2.45, 2.75) is 25.2 Å². The lowest BCUT2D eigenvalue weighted by Crippen LogP contribution is -2.34. The molecular weight excluding hydrogens is 487 g/mol. The van der Waals surface area contributed by atoms with Crippen molar-refractivity contribution >= 4 is 21.8 Å². The predicted molar refractivity (Wildman–Crippen MR) is 154 cm³/mol.